The first-order valence-electron chi connectivity index (χ1n) is 5.79. The lowest BCUT2D eigenvalue weighted by Gasteiger charge is -2.14. The lowest BCUT2D eigenvalue weighted by Crippen LogP contribution is -2.31. The number of carbonyl (C=O) groups is 1. The number of nitrogens with one attached hydrogen (secondary N) is 1. The lowest BCUT2D eigenvalue weighted by molar-refractivity contribution is -0.138. The van der Waals surface area contributed by atoms with Gasteiger partial charge >= 0.3 is 5.97 Å². The van der Waals surface area contributed by atoms with Crippen molar-refractivity contribution >= 4 is 11.7 Å². The molecule has 0 aromatic carbocycles. The Kier molecular flexibility index (Phi) is 3.46. The van der Waals surface area contributed by atoms with Gasteiger partial charge in [-0.15, -0.1) is 0 Å². The Balaban J connectivity index is 1.99. The van der Waals surface area contributed by atoms with Crippen LogP contribution in [-0.2, 0) is 4.79 Å². The molecule has 1 saturated carbocycles. The van der Waals surface area contributed by atoms with Crippen molar-refractivity contribution in [1.29, 1.82) is 0 Å². The molecule has 92 valence electrons. The average molecular weight is 236 g/mol. The van der Waals surface area contributed by atoms with E-state index in [0.717, 1.165) is 12.8 Å². The molecule has 0 spiro atoms. The minimum Gasteiger partial charge on any atom is -0.480 e. The van der Waals surface area contributed by atoms with Crippen molar-refractivity contribution in [2.24, 2.45) is 5.92 Å². The zero-order valence-electron chi connectivity index (χ0n) is 9.72. The summed E-state index contributed by atoms with van der Waals surface area (Å²) in [6.45, 7) is 2.46. The molecule has 2 N–H and O–H groups in total. The molecular formula is C12H16N2O3. The van der Waals surface area contributed by atoms with Crippen LogP contribution in [0.4, 0.5) is 5.69 Å². The average Bonchev–Trinajstić information content (AvgIpc) is 3.12. The van der Waals surface area contributed by atoms with E-state index in [1.54, 1.807) is 18.3 Å². The minimum absolute atomic E-state index is 0.249. The standard InChI is InChI=1S/C12H16N2O3/c1-2-17-10-6-5-9(7-13-10)14-11(12(15)16)8-3-4-8/h5-8,11,14H,2-4H2,1H3,(H,15,16). The number of aliphatic carboxylic acids is 1. The Morgan fingerprint density at radius 1 is 1.65 bits per heavy atom. The van der Waals surface area contributed by atoms with Crippen LogP contribution in [0.25, 0.3) is 0 Å². The van der Waals surface area contributed by atoms with Gasteiger partial charge in [0.15, 0.2) is 0 Å². The monoisotopic (exact) mass is 236 g/mol. The molecule has 17 heavy (non-hydrogen) atoms. The van der Waals surface area contributed by atoms with Crippen LogP contribution in [0.15, 0.2) is 18.3 Å². The summed E-state index contributed by atoms with van der Waals surface area (Å²) < 4.78 is 5.22. The summed E-state index contributed by atoms with van der Waals surface area (Å²) in [7, 11) is 0. The number of rotatable bonds is 6. The zero-order chi connectivity index (χ0) is 12.3. The fourth-order valence-corrected chi connectivity index (χ4v) is 1.69. The minimum atomic E-state index is -0.804. The van der Waals surface area contributed by atoms with Gasteiger partial charge in [-0.25, -0.2) is 9.78 Å². The second-order valence-corrected chi connectivity index (χ2v) is 4.12. The van der Waals surface area contributed by atoms with Crippen molar-refractivity contribution in [3.63, 3.8) is 0 Å². The highest BCUT2D eigenvalue weighted by Crippen LogP contribution is 2.34. The first-order valence-corrected chi connectivity index (χ1v) is 5.79. The first kappa shape index (κ1) is 11.7. The van der Waals surface area contributed by atoms with Crippen molar-refractivity contribution in [1.82, 2.24) is 4.98 Å². The lowest BCUT2D eigenvalue weighted by atomic mass is 10.2. The summed E-state index contributed by atoms with van der Waals surface area (Å²) >= 11 is 0. The molecule has 1 unspecified atom stereocenters. The Labute approximate surface area is 99.8 Å². The molecule has 1 heterocycles. The quantitative estimate of drug-likeness (QED) is 0.787. The van der Waals surface area contributed by atoms with Crippen LogP contribution in [0, 0.1) is 5.92 Å². The summed E-state index contributed by atoms with van der Waals surface area (Å²) in [5.74, 6) is -0.00296. The maximum absolute atomic E-state index is 11.0. The van der Waals surface area contributed by atoms with Crippen molar-refractivity contribution in [3.05, 3.63) is 18.3 Å². The Hall–Kier alpha value is -1.78. The molecule has 5 heteroatoms. The van der Waals surface area contributed by atoms with Crippen LogP contribution >= 0.6 is 0 Å². The van der Waals surface area contributed by atoms with Gasteiger partial charge in [-0.1, -0.05) is 0 Å². The summed E-state index contributed by atoms with van der Waals surface area (Å²) in [5, 5.41) is 12.1. The van der Waals surface area contributed by atoms with E-state index in [-0.39, 0.29) is 5.92 Å². The molecule has 1 aliphatic rings. The highest BCUT2D eigenvalue weighted by molar-refractivity contribution is 5.78. The third-order valence-corrected chi connectivity index (χ3v) is 2.71. The molecule has 1 aromatic heterocycles. The molecular weight excluding hydrogens is 220 g/mol. The van der Waals surface area contributed by atoms with E-state index >= 15 is 0 Å². The fraction of sp³-hybridized carbons (Fsp3) is 0.500. The molecule has 1 aliphatic carbocycles. The molecule has 0 radical (unpaired) electrons. The SMILES string of the molecule is CCOc1ccc(NC(C(=O)O)C2CC2)cn1. The molecule has 0 bridgehead atoms. The van der Waals surface area contributed by atoms with Gasteiger partial charge in [0.25, 0.3) is 0 Å². The Morgan fingerprint density at radius 2 is 2.41 bits per heavy atom. The van der Waals surface area contributed by atoms with Gasteiger partial charge in [0.05, 0.1) is 18.5 Å². The first-order chi connectivity index (χ1) is 8.20. The van der Waals surface area contributed by atoms with Crippen LogP contribution < -0.4 is 10.1 Å². The molecule has 5 nitrogen and oxygen atoms in total. The van der Waals surface area contributed by atoms with Crippen molar-refractivity contribution in [2.75, 3.05) is 11.9 Å². The van der Waals surface area contributed by atoms with Crippen molar-refractivity contribution in [3.8, 4) is 5.88 Å². The van der Waals surface area contributed by atoms with E-state index in [0.29, 0.717) is 18.2 Å². The molecule has 1 aromatic rings. The number of ether oxygens (including phenoxy) is 1. The van der Waals surface area contributed by atoms with Crippen LogP contribution in [0.2, 0.25) is 0 Å². The van der Waals surface area contributed by atoms with E-state index in [1.165, 1.54) is 0 Å². The summed E-state index contributed by atoms with van der Waals surface area (Å²) in [4.78, 5) is 15.1. The normalized spacial score (nSPS) is 16.3. The Bertz CT molecular complexity index is 387. The smallest absolute Gasteiger partial charge is 0.326 e. The number of carboxylic acids is 1. The van der Waals surface area contributed by atoms with E-state index < -0.39 is 12.0 Å². The van der Waals surface area contributed by atoms with E-state index in [1.807, 2.05) is 6.92 Å². The van der Waals surface area contributed by atoms with Gasteiger partial charge in [0, 0.05) is 6.07 Å². The molecule has 2 rings (SSSR count). The fourth-order valence-electron chi connectivity index (χ4n) is 1.69. The highest BCUT2D eigenvalue weighted by Gasteiger charge is 2.36. The van der Waals surface area contributed by atoms with Gasteiger partial charge in [-0.05, 0) is 31.7 Å². The van der Waals surface area contributed by atoms with Crippen LogP contribution in [-0.4, -0.2) is 28.7 Å². The number of hydrogen-bond acceptors (Lipinski definition) is 4. The third kappa shape index (κ3) is 3.09. The number of pyridine rings is 1. The number of hydrogen-bond donors (Lipinski definition) is 2. The van der Waals surface area contributed by atoms with Crippen LogP contribution in [0.1, 0.15) is 19.8 Å². The maximum Gasteiger partial charge on any atom is 0.326 e. The molecule has 1 atom stereocenters. The van der Waals surface area contributed by atoms with Gasteiger partial charge in [0.1, 0.15) is 6.04 Å². The largest absolute Gasteiger partial charge is 0.480 e. The number of anilines is 1. The predicted molar refractivity (Wildman–Crippen MR) is 63.2 cm³/mol. The number of nitrogens with zero attached hydrogens (tertiary/aromatic N) is 1. The van der Waals surface area contributed by atoms with Crippen molar-refractivity contribution < 1.29 is 14.6 Å². The topological polar surface area (TPSA) is 71.5 Å². The number of aromatic nitrogens is 1. The second kappa shape index (κ2) is 5.03. The van der Waals surface area contributed by atoms with Gasteiger partial charge in [-0.2, -0.15) is 0 Å². The second-order valence-electron chi connectivity index (χ2n) is 4.12. The molecule has 0 saturated heterocycles. The van der Waals surface area contributed by atoms with Crippen LogP contribution in [0.5, 0.6) is 5.88 Å². The van der Waals surface area contributed by atoms with Crippen LogP contribution in [0.3, 0.4) is 0 Å². The predicted octanol–water partition coefficient (Wildman–Crippen LogP) is 1.76. The zero-order valence-corrected chi connectivity index (χ0v) is 9.72. The summed E-state index contributed by atoms with van der Waals surface area (Å²) in [6.07, 6.45) is 3.56. The Morgan fingerprint density at radius 3 is 2.88 bits per heavy atom. The molecule has 1 fully saturated rings. The van der Waals surface area contributed by atoms with Gasteiger partial charge in [0.2, 0.25) is 5.88 Å². The van der Waals surface area contributed by atoms with E-state index in [9.17, 15) is 4.79 Å². The van der Waals surface area contributed by atoms with E-state index in [4.69, 9.17) is 9.84 Å². The third-order valence-electron chi connectivity index (χ3n) is 2.71. The molecule has 0 aliphatic heterocycles. The van der Waals surface area contributed by atoms with E-state index in [2.05, 4.69) is 10.3 Å². The highest BCUT2D eigenvalue weighted by atomic mass is 16.5. The maximum atomic E-state index is 11.0. The van der Waals surface area contributed by atoms with Gasteiger partial charge < -0.3 is 15.2 Å². The van der Waals surface area contributed by atoms with Crippen molar-refractivity contribution in [2.45, 2.75) is 25.8 Å². The summed E-state index contributed by atoms with van der Waals surface area (Å²) in [6, 6.07) is 3.02. The summed E-state index contributed by atoms with van der Waals surface area (Å²) in [5.41, 5.74) is 0.716. The van der Waals surface area contributed by atoms with Gasteiger partial charge in [-0.3, -0.25) is 0 Å². The molecule has 0 amide bonds. The number of carboxylic acid groups (broad SMARTS) is 1.